The van der Waals surface area contributed by atoms with Gasteiger partial charge >= 0.3 is 0 Å². The van der Waals surface area contributed by atoms with Crippen LogP contribution in [-0.2, 0) is 9.59 Å². The molecule has 0 bridgehead atoms. The lowest BCUT2D eigenvalue weighted by atomic mass is 9.68. The van der Waals surface area contributed by atoms with Crippen molar-refractivity contribution in [2.75, 3.05) is 5.32 Å². The van der Waals surface area contributed by atoms with E-state index in [1.165, 1.54) is 11.3 Å². The van der Waals surface area contributed by atoms with E-state index in [1.807, 2.05) is 37.3 Å². The maximum Gasteiger partial charge on any atom is 0.256 e. The Morgan fingerprint density at radius 2 is 2.09 bits per heavy atom. The van der Waals surface area contributed by atoms with Crippen LogP contribution in [0.25, 0.3) is 10.2 Å². The van der Waals surface area contributed by atoms with Gasteiger partial charge in [-0.2, -0.15) is 0 Å². The number of ketones is 1. The number of nitrogens with zero attached hydrogens (tertiary/aromatic N) is 2. The third-order valence-electron chi connectivity index (χ3n) is 6.07. The van der Waals surface area contributed by atoms with E-state index in [-0.39, 0.29) is 17.1 Å². The molecule has 168 valence electrons. The minimum absolute atomic E-state index is 0.0743. The summed E-state index contributed by atoms with van der Waals surface area (Å²) in [5, 5.41) is 6.89. The molecule has 8 heteroatoms. The number of benzene rings is 1. The van der Waals surface area contributed by atoms with E-state index in [1.54, 1.807) is 12.4 Å². The highest BCUT2D eigenvalue weighted by Gasteiger charge is 2.42. The molecule has 2 aliphatic rings. The average Bonchev–Trinajstić information content (AvgIpc) is 3.13. The summed E-state index contributed by atoms with van der Waals surface area (Å²) >= 11 is 4.89. The minimum atomic E-state index is -0.470. The van der Waals surface area contributed by atoms with Gasteiger partial charge in [0.05, 0.1) is 10.2 Å². The number of Topliss-reactive ketones (excluding diaryl/α,β-unsaturated/α-hetero) is 1. The molecule has 2 aromatic heterocycles. The molecular formula is C25H23BrN4O2S. The van der Waals surface area contributed by atoms with E-state index in [2.05, 4.69) is 50.4 Å². The van der Waals surface area contributed by atoms with E-state index in [9.17, 15) is 9.59 Å². The van der Waals surface area contributed by atoms with Gasteiger partial charge in [0.25, 0.3) is 5.91 Å². The highest BCUT2D eigenvalue weighted by atomic mass is 79.9. The Morgan fingerprint density at radius 3 is 2.85 bits per heavy atom. The first-order chi connectivity index (χ1) is 15.7. The molecule has 0 unspecified atom stereocenters. The minimum Gasteiger partial charge on any atom is -0.362 e. The average molecular weight is 523 g/mol. The van der Waals surface area contributed by atoms with Crippen molar-refractivity contribution in [3.63, 3.8) is 0 Å². The van der Waals surface area contributed by atoms with Gasteiger partial charge in [-0.05, 0) is 48.6 Å². The van der Waals surface area contributed by atoms with Crippen molar-refractivity contribution in [2.24, 2.45) is 5.41 Å². The molecule has 1 aliphatic carbocycles. The number of fused-ring (bicyclic) bond motifs is 1. The lowest BCUT2D eigenvalue weighted by molar-refractivity contribution is -0.118. The third kappa shape index (κ3) is 4.13. The monoisotopic (exact) mass is 522 g/mol. The van der Waals surface area contributed by atoms with Crippen LogP contribution in [0, 0.1) is 5.41 Å². The van der Waals surface area contributed by atoms with Crippen LogP contribution in [0.15, 0.2) is 69.7 Å². The number of hydrogen-bond acceptors (Lipinski definition) is 6. The molecule has 0 saturated carbocycles. The predicted molar refractivity (Wildman–Crippen MR) is 134 cm³/mol. The zero-order chi connectivity index (χ0) is 23.3. The Bertz CT molecular complexity index is 1360. The van der Waals surface area contributed by atoms with Crippen molar-refractivity contribution in [3.05, 3.63) is 75.3 Å². The number of allylic oxidation sites excluding steroid dienone is 3. The number of aromatic nitrogens is 2. The lowest BCUT2D eigenvalue weighted by Crippen LogP contribution is -2.39. The number of anilines is 1. The van der Waals surface area contributed by atoms with Crippen LogP contribution >= 0.6 is 27.3 Å². The molecule has 0 spiro atoms. The number of carbonyl (C=O) groups is 2. The standard InChI is InChI=1S/C25H23BrN4O2S/c1-13-20(23(32)30-24-29-16-7-6-15(26)9-19(16)33-24)21(14-5-4-8-27-12-14)22-17(28-13)10-25(2,3)11-18(22)31/h4-9,12,21,28H,10-11H2,1-3H3,(H,29,30,32)/t21-/m0/s1. The molecule has 0 radical (unpaired) electrons. The summed E-state index contributed by atoms with van der Waals surface area (Å²) in [6.45, 7) is 6.09. The number of amides is 1. The van der Waals surface area contributed by atoms with Crippen LogP contribution < -0.4 is 10.6 Å². The van der Waals surface area contributed by atoms with Crippen LogP contribution in [0.5, 0.6) is 0 Å². The zero-order valence-electron chi connectivity index (χ0n) is 18.5. The van der Waals surface area contributed by atoms with E-state index in [0.29, 0.717) is 22.7 Å². The topological polar surface area (TPSA) is 84.0 Å². The first-order valence-electron chi connectivity index (χ1n) is 10.7. The van der Waals surface area contributed by atoms with Gasteiger partial charge in [-0.3, -0.25) is 19.9 Å². The molecule has 1 aliphatic heterocycles. The second kappa shape index (κ2) is 8.18. The first-order valence-corrected chi connectivity index (χ1v) is 12.3. The van der Waals surface area contributed by atoms with E-state index in [0.717, 1.165) is 38.1 Å². The van der Waals surface area contributed by atoms with Crippen LogP contribution in [0.2, 0.25) is 0 Å². The molecule has 1 amide bonds. The lowest BCUT2D eigenvalue weighted by Gasteiger charge is -2.39. The normalized spacial score (nSPS) is 20.0. The Balaban J connectivity index is 1.56. The molecule has 33 heavy (non-hydrogen) atoms. The molecule has 1 aromatic carbocycles. The third-order valence-corrected chi connectivity index (χ3v) is 7.50. The molecule has 3 aromatic rings. The molecule has 2 N–H and O–H groups in total. The largest absolute Gasteiger partial charge is 0.362 e. The van der Waals surface area contributed by atoms with Crippen LogP contribution in [-0.4, -0.2) is 21.7 Å². The SMILES string of the molecule is CC1=C(C(=O)Nc2nc3ccc(Br)cc3s2)[C@H](c2cccnc2)C2=C(CC(C)(C)CC2=O)N1. The quantitative estimate of drug-likeness (QED) is 0.461. The molecule has 1 atom stereocenters. The summed E-state index contributed by atoms with van der Waals surface area (Å²) in [4.78, 5) is 35.8. The maximum absolute atomic E-state index is 13.6. The smallest absolute Gasteiger partial charge is 0.256 e. The molecule has 3 heterocycles. The van der Waals surface area contributed by atoms with E-state index < -0.39 is 5.92 Å². The fraction of sp³-hybridized carbons (Fsp3) is 0.280. The number of nitrogens with one attached hydrogen (secondary N) is 2. The summed E-state index contributed by atoms with van der Waals surface area (Å²) in [5.41, 5.74) is 4.37. The predicted octanol–water partition coefficient (Wildman–Crippen LogP) is 5.70. The van der Waals surface area contributed by atoms with Crippen molar-refractivity contribution in [1.29, 1.82) is 0 Å². The summed E-state index contributed by atoms with van der Waals surface area (Å²) < 4.78 is 1.94. The van der Waals surface area contributed by atoms with E-state index in [4.69, 9.17) is 0 Å². The van der Waals surface area contributed by atoms with Gasteiger partial charge in [-0.1, -0.05) is 47.2 Å². The fourth-order valence-electron chi connectivity index (χ4n) is 4.73. The van der Waals surface area contributed by atoms with Gasteiger partial charge < -0.3 is 5.32 Å². The number of halogens is 1. The second-order valence-corrected chi connectivity index (χ2v) is 11.2. The zero-order valence-corrected chi connectivity index (χ0v) is 20.9. The number of hydrogen-bond donors (Lipinski definition) is 2. The number of pyridine rings is 1. The molecule has 5 rings (SSSR count). The summed E-state index contributed by atoms with van der Waals surface area (Å²) in [7, 11) is 0. The van der Waals surface area contributed by atoms with Crippen molar-refractivity contribution >= 4 is 54.3 Å². The van der Waals surface area contributed by atoms with Crippen LogP contribution in [0.4, 0.5) is 5.13 Å². The van der Waals surface area contributed by atoms with Crippen molar-refractivity contribution < 1.29 is 9.59 Å². The molecule has 0 fully saturated rings. The van der Waals surface area contributed by atoms with Gasteiger partial charge in [-0.25, -0.2) is 4.98 Å². The molecule has 0 saturated heterocycles. The maximum atomic E-state index is 13.6. The highest BCUT2D eigenvalue weighted by Crippen LogP contribution is 2.46. The Kier molecular flexibility index (Phi) is 5.45. The summed E-state index contributed by atoms with van der Waals surface area (Å²) in [5.74, 6) is -0.663. The summed E-state index contributed by atoms with van der Waals surface area (Å²) in [6, 6.07) is 9.58. The van der Waals surface area contributed by atoms with E-state index >= 15 is 0 Å². The van der Waals surface area contributed by atoms with Gasteiger partial charge in [0, 0.05) is 51.7 Å². The van der Waals surface area contributed by atoms with Gasteiger partial charge in [0.1, 0.15) is 0 Å². The highest BCUT2D eigenvalue weighted by molar-refractivity contribution is 9.10. The first kappa shape index (κ1) is 22.0. The Morgan fingerprint density at radius 1 is 1.27 bits per heavy atom. The van der Waals surface area contributed by atoms with Gasteiger partial charge in [-0.15, -0.1) is 0 Å². The number of thiazole rings is 1. The molecule has 6 nitrogen and oxygen atoms in total. The van der Waals surface area contributed by atoms with Crippen LogP contribution in [0.3, 0.4) is 0 Å². The number of dihydropyridines is 1. The Hall–Kier alpha value is -2.84. The van der Waals surface area contributed by atoms with Crippen molar-refractivity contribution in [2.45, 2.75) is 39.5 Å². The fourth-order valence-corrected chi connectivity index (χ4v) is 6.15. The number of rotatable bonds is 3. The second-order valence-electron chi connectivity index (χ2n) is 9.30. The molecular weight excluding hydrogens is 500 g/mol. The van der Waals surface area contributed by atoms with Gasteiger partial charge in [0.2, 0.25) is 0 Å². The van der Waals surface area contributed by atoms with Crippen molar-refractivity contribution in [1.82, 2.24) is 15.3 Å². The van der Waals surface area contributed by atoms with Crippen LogP contribution in [0.1, 0.15) is 45.1 Å². The summed E-state index contributed by atoms with van der Waals surface area (Å²) in [6.07, 6.45) is 4.64. The number of carbonyl (C=O) groups excluding carboxylic acids is 2. The van der Waals surface area contributed by atoms with Crippen molar-refractivity contribution in [3.8, 4) is 0 Å². The van der Waals surface area contributed by atoms with Gasteiger partial charge in [0.15, 0.2) is 10.9 Å². The Labute approximate surface area is 204 Å².